The molecule has 0 saturated carbocycles. The first-order valence-electron chi connectivity index (χ1n) is 5.22. The van der Waals surface area contributed by atoms with Crippen molar-refractivity contribution in [3.8, 4) is 0 Å². The summed E-state index contributed by atoms with van der Waals surface area (Å²) < 4.78 is 0. The number of piperidine rings is 1. The van der Waals surface area contributed by atoms with E-state index in [4.69, 9.17) is 11.6 Å². The fourth-order valence-electron chi connectivity index (χ4n) is 1.96. The Labute approximate surface area is 94.5 Å². The van der Waals surface area contributed by atoms with Crippen molar-refractivity contribution in [3.63, 3.8) is 0 Å². The van der Waals surface area contributed by atoms with Gasteiger partial charge in [0.05, 0.1) is 5.60 Å². The number of aliphatic hydroxyl groups is 1. The van der Waals surface area contributed by atoms with Crippen molar-refractivity contribution >= 4 is 11.6 Å². The minimum absolute atomic E-state index is 0.496. The monoisotopic (exact) mass is 226 g/mol. The zero-order valence-corrected chi connectivity index (χ0v) is 9.30. The molecule has 1 saturated heterocycles. The molecule has 0 aromatic carbocycles. The summed E-state index contributed by atoms with van der Waals surface area (Å²) in [7, 11) is 0. The standard InChI is InChI=1S/C11H15ClN2O/c12-10-2-1-9(8-14-10)7-11(15)3-5-13-6-4-11/h1-2,8,13,15H,3-7H2. The molecule has 0 unspecified atom stereocenters. The van der Waals surface area contributed by atoms with Gasteiger partial charge in [0.15, 0.2) is 0 Å². The fourth-order valence-corrected chi connectivity index (χ4v) is 2.07. The number of hydrogen-bond donors (Lipinski definition) is 2. The number of halogens is 1. The molecule has 1 aromatic heterocycles. The number of aromatic nitrogens is 1. The fraction of sp³-hybridized carbons (Fsp3) is 0.545. The second kappa shape index (κ2) is 4.47. The summed E-state index contributed by atoms with van der Waals surface area (Å²) in [5, 5.41) is 14.0. The van der Waals surface area contributed by atoms with Crippen LogP contribution in [0.15, 0.2) is 18.3 Å². The summed E-state index contributed by atoms with van der Waals surface area (Å²) >= 11 is 5.71. The Morgan fingerprint density at radius 1 is 1.40 bits per heavy atom. The molecule has 82 valence electrons. The maximum absolute atomic E-state index is 10.3. The lowest BCUT2D eigenvalue weighted by Gasteiger charge is -2.32. The van der Waals surface area contributed by atoms with E-state index in [1.54, 1.807) is 12.3 Å². The van der Waals surface area contributed by atoms with Crippen molar-refractivity contribution in [2.24, 2.45) is 0 Å². The van der Waals surface area contributed by atoms with Crippen LogP contribution in [0.3, 0.4) is 0 Å². The Hall–Kier alpha value is -0.640. The first-order valence-corrected chi connectivity index (χ1v) is 5.59. The van der Waals surface area contributed by atoms with Gasteiger partial charge in [-0.05, 0) is 37.6 Å². The second-order valence-corrected chi connectivity index (χ2v) is 4.53. The van der Waals surface area contributed by atoms with E-state index in [-0.39, 0.29) is 0 Å². The van der Waals surface area contributed by atoms with Gasteiger partial charge in [-0.1, -0.05) is 17.7 Å². The molecule has 0 atom stereocenters. The topological polar surface area (TPSA) is 45.2 Å². The third-order valence-electron chi connectivity index (χ3n) is 2.86. The van der Waals surface area contributed by atoms with E-state index in [1.807, 2.05) is 6.07 Å². The number of nitrogens with one attached hydrogen (secondary N) is 1. The number of hydrogen-bond acceptors (Lipinski definition) is 3. The summed E-state index contributed by atoms with van der Waals surface area (Å²) in [5.74, 6) is 0. The van der Waals surface area contributed by atoms with Crippen LogP contribution in [0.5, 0.6) is 0 Å². The Morgan fingerprint density at radius 3 is 2.73 bits per heavy atom. The highest BCUT2D eigenvalue weighted by Crippen LogP contribution is 2.23. The molecule has 2 heterocycles. The minimum Gasteiger partial charge on any atom is -0.389 e. The van der Waals surface area contributed by atoms with Crippen LogP contribution in [0.1, 0.15) is 18.4 Å². The van der Waals surface area contributed by atoms with Gasteiger partial charge >= 0.3 is 0 Å². The van der Waals surface area contributed by atoms with Gasteiger partial charge in [-0.3, -0.25) is 0 Å². The summed E-state index contributed by atoms with van der Waals surface area (Å²) in [5.41, 5.74) is 0.476. The molecular weight excluding hydrogens is 212 g/mol. The average Bonchev–Trinajstić information content (AvgIpc) is 2.22. The highest BCUT2D eigenvalue weighted by atomic mass is 35.5. The lowest BCUT2D eigenvalue weighted by atomic mass is 9.86. The van der Waals surface area contributed by atoms with E-state index in [2.05, 4.69) is 10.3 Å². The first-order chi connectivity index (χ1) is 7.18. The SMILES string of the molecule is OC1(Cc2ccc(Cl)nc2)CCNCC1. The van der Waals surface area contributed by atoms with E-state index in [0.29, 0.717) is 11.6 Å². The van der Waals surface area contributed by atoms with Crippen molar-refractivity contribution < 1.29 is 5.11 Å². The van der Waals surface area contributed by atoms with Gasteiger partial charge in [-0.25, -0.2) is 4.98 Å². The van der Waals surface area contributed by atoms with Crippen molar-refractivity contribution in [2.45, 2.75) is 24.9 Å². The number of nitrogens with zero attached hydrogens (tertiary/aromatic N) is 1. The summed E-state index contributed by atoms with van der Waals surface area (Å²) in [6, 6.07) is 3.69. The molecule has 4 heteroatoms. The van der Waals surface area contributed by atoms with E-state index in [1.165, 1.54) is 0 Å². The molecule has 1 aliphatic rings. The molecule has 1 fully saturated rings. The van der Waals surface area contributed by atoms with Gasteiger partial charge in [-0.15, -0.1) is 0 Å². The van der Waals surface area contributed by atoms with Crippen LogP contribution >= 0.6 is 11.6 Å². The van der Waals surface area contributed by atoms with Crippen LogP contribution in [0.4, 0.5) is 0 Å². The number of rotatable bonds is 2. The molecule has 0 amide bonds. The molecule has 1 aliphatic heterocycles. The highest BCUT2D eigenvalue weighted by Gasteiger charge is 2.29. The zero-order chi connectivity index (χ0) is 10.7. The first kappa shape index (κ1) is 10.9. The van der Waals surface area contributed by atoms with E-state index in [0.717, 1.165) is 31.5 Å². The molecule has 0 aliphatic carbocycles. The van der Waals surface area contributed by atoms with Crippen molar-refractivity contribution in [1.29, 1.82) is 0 Å². The summed E-state index contributed by atoms with van der Waals surface area (Å²) in [6.07, 6.45) is 4.01. The van der Waals surface area contributed by atoms with Gasteiger partial charge in [-0.2, -0.15) is 0 Å². The molecule has 0 spiro atoms. The predicted octanol–water partition coefficient (Wildman–Crippen LogP) is 1.39. The van der Waals surface area contributed by atoms with E-state index >= 15 is 0 Å². The van der Waals surface area contributed by atoms with Crippen LogP contribution in [-0.4, -0.2) is 28.8 Å². The lowest BCUT2D eigenvalue weighted by Crippen LogP contribution is -2.43. The molecule has 15 heavy (non-hydrogen) atoms. The van der Waals surface area contributed by atoms with Gasteiger partial charge in [0.25, 0.3) is 0 Å². The largest absolute Gasteiger partial charge is 0.389 e. The summed E-state index contributed by atoms with van der Waals surface area (Å²) in [4.78, 5) is 4.01. The maximum Gasteiger partial charge on any atom is 0.129 e. The Balaban J connectivity index is 2.03. The predicted molar refractivity (Wildman–Crippen MR) is 60.0 cm³/mol. The maximum atomic E-state index is 10.3. The van der Waals surface area contributed by atoms with Crippen LogP contribution in [-0.2, 0) is 6.42 Å². The zero-order valence-electron chi connectivity index (χ0n) is 8.54. The second-order valence-electron chi connectivity index (χ2n) is 4.14. The van der Waals surface area contributed by atoms with Crippen LogP contribution in [0.2, 0.25) is 5.15 Å². The Bertz CT molecular complexity index is 320. The molecule has 0 bridgehead atoms. The van der Waals surface area contributed by atoms with E-state index < -0.39 is 5.60 Å². The molecule has 3 nitrogen and oxygen atoms in total. The van der Waals surface area contributed by atoms with Gasteiger partial charge in [0.1, 0.15) is 5.15 Å². The van der Waals surface area contributed by atoms with Crippen molar-refractivity contribution in [3.05, 3.63) is 29.0 Å². The van der Waals surface area contributed by atoms with Gasteiger partial charge in [0.2, 0.25) is 0 Å². The third-order valence-corrected chi connectivity index (χ3v) is 3.08. The van der Waals surface area contributed by atoms with Crippen LogP contribution in [0, 0.1) is 0 Å². The van der Waals surface area contributed by atoms with Gasteiger partial charge in [0, 0.05) is 12.6 Å². The highest BCUT2D eigenvalue weighted by molar-refractivity contribution is 6.29. The molecular formula is C11H15ClN2O. The average molecular weight is 227 g/mol. The van der Waals surface area contributed by atoms with Crippen LogP contribution < -0.4 is 5.32 Å². The van der Waals surface area contributed by atoms with Crippen molar-refractivity contribution in [1.82, 2.24) is 10.3 Å². The number of pyridine rings is 1. The Kier molecular flexibility index (Phi) is 3.24. The minimum atomic E-state index is -0.569. The third kappa shape index (κ3) is 2.91. The quantitative estimate of drug-likeness (QED) is 0.750. The summed E-state index contributed by atoms with van der Waals surface area (Å²) in [6.45, 7) is 1.77. The smallest absolute Gasteiger partial charge is 0.129 e. The van der Waals surface area contributed by atoms with E-state index in [9.17, 15) is 5.11 Å². The molecule has 2 rings (SSSR count). The Morgan fingerprint density at radius 2 is 2.13 bits per heavy atom. The molecule has 2 N–H and O–H groups in total. The van der Waals surface area contributed by atoms with Crippen molar-refractivity contribution in [2.75, 3.05) is 13.1 Å². The lowest BCUT2D eigenvalue weighted by molar-refractivity contribution is 0.0108. The van der Waals surface area contributed by atoms with Gasteiger partial charge < -0.3 is 10.4 Å². The van der Waals surface area contributed by atoms with Crippen LogP contribution in [0.25, 0.3) is 0 Å². The molecule has 1 aromatic rings. The normalized spacial score (nSPS) is 20.1. The molecule has 0 radical (unpaired) electrons.